The van der Waals surface area contributed by atoms with Gasteiger partial charge in [-0.2, -0.15) is 0 Å². The SMILES string of the molecule is CCCN(CC(=O)O)C(C)c1sccc1C. The van der Waals surface area contributed by atoms with Crippen LogP contribution in [-0.2, 0) is 4.79 Å². The van der Waals surface area contributed by atoms with Crippen molar-refractivity contribution in [2.75, 3.05) is 13.1 Å². The second kappa shape index (κ2) is 6.01. The van der Waals surface area contributed by atoms with E-state index < -0.39 is 5.97 Å². The summed E-state index contributed by atoms with van der Waals surface area (Å²) in [5.41, 5.74) is 1.25. The van der Waals surface area contributed by atoms with Crippen molar-refractivity contribution in [2.24, 2.45) is 0 Å². The zero-order valence-corrected chi connectivity index (χ0v) is 10.9. The number of carboxylic acids is 1. The van der Waals surface area contributed by atoms with Gasteiger partial charge in [0, 0.05) is 10.9 Å². The van der Waals surface area contributed by atoms with Crippen LogP contribution in [0.4, 0.5) is 0 Å². The van der Waals surface area contributed by atoms with Crippen LogP contribution in [-0.4, -0.2) is 29.1 Å². The molecule has 1 aromatic heterocycles. The van der Waals surface area contributed by atoms with Crippen molar-refractivity contribution in [3.8, 4) is 0 Å². The number of carboxylic acid groups (broad SMARTS) is 1. The highest BCUT2D eigenvalue weighted by molar-refractivity contribution is 7.10. The second-order valence-corrected chi connectivity index (χ2v) is 4.96. The first-order valence-electron chi connectivity index (χ1n) is 5.56. The number of hydrogen-bond donors (Lipinski definition) is 1. The van der Waals surface area contributed by atoms with E-state index in [1.54, 1.807) is 11.3 Å². The molecule has 0 bridgehead atoms. The summed E-state index contributed by atoms with van der Waals surface area (Å²) in [4.78, 5) is 14.1. The van der Waals surface area contributed by atoms with Crippen LogP contribution in [0.25, 0.3) is 0 Å². The zero-order valence-electron chi connectivity index (χ0n) is 10.1. The first kappa shape index (κ1) is 13.2. The summed E-state index contributed by atoms with van der Waals surface area (Å²) in [5.74, 6) is -0.755. The van der Waals surface area contributed by atoms with Gasteiger partial charge in [-0.25, -0.2) is 0 Å². The van der Waals surface area contributed by atoms with E-state index in [1.807, 2.05) is 4.90 Å². The molecule has 0 radical (unpaired) electrons. The Morgan fingerprint density at radius 1 is 1.62 bits per heavy atom. The fraction of sp³-hybridized carbons (Fsp3) is 0.583. The minimum absolute atomic E-state index is 0.117. The van der Waals surface area contributed by atoms with E-state index >= 15 is 0 Å². The molecule has 0 aliphatic carbocycles. The van der Waals surface area contributed by atoms with Crippen molar-refractivity contribution in [2.45, 2.75) is 33.2 Å². The van der Waals surface area contributed by atoms with Gasteiger partial charge in [0.25, 0.3) is 0 Å². The largest absolute Gasteiger partial charge is 0.480 e. The smallest absolute Gasteiger partial charge is 0.317 e. The van der Waals surface area contributed by atoms with Crippen LogP contribution in [0.2, 0.25) is 0 Å². The fourth-order valence-electron chi connectivity index (χ4n) is 1.85. The highest BCUT2D eigenvalue weighted by Gasteiger charge is 2.19. The third-order valence-corrected chi connectivity index (χ3v) is 3.87. The maximum Gasteiger partial charge on any atom is 0.317 e. The number of aliphatic carboxylic acids is 1. The Morgan fingerprint density at radius 2 is 2.31 bits per heavy atom. The molecule has 0 aromatic carbocycles. The van der Waals surface area contributed by atoms with E-state index in [4.69, 9.17) is 5.11 Å². The van der Waals surface area contributed by atoms with Crippen molar-refractivity contribution in [3.05, 3.63) is 21.9 Å². The molecule has 0 amide bonds. The Kier molecular flexibility index (Phi) is 4.96. The van der Waals surface area contributed by atoms with Gasteiger partial charge in [-0.05, 0) is 43.8 Å². The molecule has 0 saturated carbocycles. The summed E-state index contributed by atoms with van der Waals surface area (Å²) in [7, 11) is 0. The lowest BCUT2D eigenvalue weighted by Crippen LogP contribution is -2.32. The molecule has 1 atom stereocenters. The van der Waals surface area contributed by atoms with Gasteiger partial charge in [-0.1, -0.05) is 6.92 Å². The van der Waals surface area contributed by atoms with Crippen molar-refractivity contribution < 1.29 is 9.90 Å². The van der Waals surface area contributed by atoms with Crippen LogP contribution >= 0.6 is 11.3 Å². The standard InChI is InChI=1S/C12H19NO2S/c1-4-6-13(8-11(14)15)10(3)12-9(2)5-7-16-12/h5,7,10H,4,6,8H2,1-3H3,(H,14,15). The Hall–Kier alpha value is -0.870. The molecule has 1 heterocycles. The Morgan fingerprint density at radius 3 is 2.75 bits per heavy atom. The molecule has 0 aliphatic rings. The monoisotopic (exact) mass is 241 g/mol. The zero-order chi connectivity index (χ0) is 12.1. The quantitative estimate of drug-likeness (QED) is 0.832. The molecule has 1 unspecified atom stereocenters. The van der Waals surface area contributed by atoms with Crippen molar-refractivity contribution >= 4 is 17.3 Å². The Bertz CT molecular complexity index is 349. The molecule has 4 heteroatoms. The van der Waals surface area contributed by atoms with Crippen LogP contribution in [0.5, 0.6) is 0 Å². The second-order valence-electron chi connectivity index (χ2n) is 4.01. The van der Waals surface area contributed by atoms with Gasteiger partial charge in [0.15, 0.2) is 0 Å². The molecule has 0 aliphatic heterocycles. The number of nitrogens with zero attached hydrogens (tertiary/aromatic N) is 1. The predicted molar refractivity (Wildman–Crippen MR) is 67.0 cm³/mol. The minimum atomic E-state index is -0.755. The molecular weight excluding hydrogens is 222 g/mol. The first-order chi connectivity index (χ1) is 7.56. The third-order valence-electron chi connectivity index (χ3n) is 2.68. The average molecular weight is 241 g/mol. The Labute approximate surface area is 101 Å². The normalized spacial score (nSPS) is 13.0. The molecule has 0 spiro atoms. The maximum atomic E-state index is 10.8. The van der Waals surface area contributed by atoms with Gasteiger partial charge in [0.1, 0.15) is 0 Å². The van der Waals surface area contributed by atoms with Crippen molar-refractivity contribution in [1.82, 2.24) is 4.90 Å². The van der Waals surface area contributed by atoms with Crippen molar-refractivity contribution in [1.29, 1.82) is 0 Å². The van der Waals surface area contributed by atoms with E-state index in [2.05, 4.69) is 32.2 Å². The number of thiophene rings is 1. The topological polar surface area (TPSA) is 40.5 Å². The number of rotatable bonds is 6. The molecule has 1 aromatic rings. The first-order valence-corrected chi connectivity index (χ1v) is 6.44. The summed E-state index contributed by atoms with van der Waals surface area (Å²) >= 11 is 1.70. The molecule has 1 N–H and O–H groups in total. The van der Waals surface area contributed by atoms with Gasteiger partial charge in [0.2, 0.25) is 0 Å². The fourth-order valence-corrected chi connectivity index (χ4v) is 2.87. The molecule has 0 fully saturated rings. The Balaban J connectivity index is 2.78. The summed E-state index contributed by atoms with van der Waals surface area (Å²) in [6.45, 7) is 7.17. The molecule has 1 rings (SSSR count). The highest BCUT2D eigenvalue weighted by Crippen LogP contribution is 2.28. The summed E-state index contributed by atoms with van der Waals surface area (Å²) in [5, 5.41) is 10.9. The van der Waals surface area contributed by atoms with E-state index in [0.717, 1.165) is 13.0 Å². The lowest BCUT2D eigenvalue weighted by Gasteiger charge is -2.26. The predicted octanol–water partition coefficient (Wildman–Crippen LogP) is 2.91. The van der Waals surface area contributed by atoms with Gasteiger partial charge >= 0.3 is 5.97 Å². The molecule has 16 heavy (non-hydrogen) atoms. The van der Waals surface area contributed by atoms with E-state index in [0.29, 0.717) is 0 Å². The number of carbonyl (C=O) groups is 1. The van der Waals surface area contributed by atoms with Crippen LogP contribution in [0.15, 0.2) is 11.4 Å². The van der Waals surface area contributed by atoms with Gasteiger partial charge in [-0.15, -0.1) is 11.3 Å². The molecule has 3 nitrogen and oxygen atoms in total. The minimum Gasteiger partial charge on any atom is -0.480 e. The highest BCUT2D eigenvalue weighted by atomic mass is 32.1. The van der Waals surface area contributed by atoms with Crippen LogP contribution in [0.1, 0.15) is 36.8 Å². The average Bonchev–Trinajstić information content (AvgIpc) is 2.62. The summed E-state index contributed by atoms with van der Waals surface area (Å²) < 4.78 is 0. The molecular formula is C12H19NO2S. The summed E-state index contributed by atoms with van der Waals surface area (Å²) in [6.07, 6.45) is 0.974. The molecule has 0 saturated heterocycles. The van der Waals surface area contributed by atoms with Crippen molar-refractivity contribution in [3.63, 3.8) is 0 Å². The molecule has 90 valence electrons. The number of hydrogen-bond acceptors (Lipinski definition) is 3. The lowest BCUT2D eigenvalue weighted by molar-refractivity contribution is -0.138. The van der Waals surface area contributed by atoms with Gasteiger partial charge in [0.05, 0.1) is 6.54 Å². The summed E-state index contributed by atoms with van der Waals surface area (Å²) in [6, 6.07) is 2.28. The van der Waals surface area contributed by atoms with E-state index in [9.17, 15) is 4.79 Å². The van der Waals surface area contributed by atoms with Crippen LogP contribution < -0.4 is 0 Å². The van der Waals surface area contributed by atoms with Gasteiger partial charge in [-0.3, -0.25) is 9.69 Å². The number of aryl methyl sites for hydroxylation is 1. The third kappa shape index (κ3) is 3.32. The van der Waals surface area contributed by atoms with E-state index in [1.165, 1.54) is 10.4 Å². The lowest BCUT2D eigenvalue weighted by atomic mass is 10.1. The van der Waals surface area contributed by atoms with E-state index in [-0.39, 0.29) is 12.6 Å². The van der Waals surface area contributed by atoms with Crippen LogP contribution in [0.3, 0.4) is 0 Å². The maximum absolute atomic E-state index is 10.8. The van der Waals surface area contributed by atoms with Crippen LogP contribution in [0, 0.1) is 6.92 Å². The van der Waals surface area contributed by atoms with Gasteiger partial charge < -0.3 is 5.11 Å².